The molecule has 2 N–H and O–H groups in total. The summed E-state index contributed by atoms with van der Waals surface area (Å²) in [6.45, 7) is 2.37. The van der Waals surface area contributed by atoms with Crippen molar-refractivity contribution in [3.8, 4) is 0 Å². The van der Waals surface area contributed by atoms with Crippen molar-refractivity contribution in [3.05, 3.63) is 28.1 Å². The van der Waals surface area contributed by atoms with Crippen LogP contribution in [0.2, 0.25) is 0 Å². The number of nitrogens with one attached hydrogen (secondary N) is 2. The molecule has 1 unspecified atom stereocenters. The summed E-state index contributed by atoms with van der Waals surface area (Å²) >= 11 is 0. The molecule has 0 bridgehead atoms. The zero-order chi connectivity index (χ0) is 12.7. The molecule has 1 aliphatic heterocycles. The van der Waals surface area contributed by atoms with Crippen molar-refractivity contribution in [1.29, 1.82) is 0 Å². The molecule has 3 heterocycles. The average molecular weight is 247 g/mol. The minimum Gasteiger partial charge on any atom is -0.308 e. The fourth-order valence-electron chi connectivity index (χ4n) is 2.22. The molecule has 0 saturated carbocycles. The van der Waals surface area contributed by atoms with E-state index in [4.69, 9.17) is 0 Å². The van der Waals surface area contributed by atoms with E-state index in [1.54, 1.807) is 13.0 Å². The van der Waals surface area contributed by atoms with Crippen LogP contribution in [0.15, 0.2) is 10.9 Å². The molecule has 18 heavy (non-hydrogen) atoms. The lowest BCUT2D eigenvalue weighted by molar-refractivity contribution is -0.120. The van der Waals surface area contributed by atoms with Crippen LogP contribution in [0.3, 0.4) is 0 Å². The van der Waals surface area contributed by atoms with E-state index in [9.17, 15) is 9.59 Å². The SMILES string of the molecule is Cc1nc2cc(C3CC(=O)CCN3)[nH]c(=O)n2n1. The summed E-state index contributed by atoms with van der Waals surface area (Å²) in [5, 5.41) is 7.20. The monoisotopic (exact) mass is 247 g/mol. The van der Waals surface area contributed by atoms with Crippen LogP contribution in [-0.4, -0.2) is 31.9 Å². The summed E-state index contributed by atoms with van der Waals surface area (Å²) in [6.07, 6.45) is 0.951. The van der Waals surface area contributed by atoms with Crippen molar-refractivity contribution in [1.82, 2.24) is 24.9 Å². The average Bonchev–Trinajstić information content (AvgIpc) is 2.70. The number of aryl methyl sites for hydroxylation is 1. The molecule has 0 radical (unpaired) electrons. The Kier molecular flexibility index (Phi) is 2.48. The first-order valence-corrected chi connectivity index (χ1v) is 5.85. The highest BCUT2D eigenvalue weighted by Crippen LogP contribution is 2.18. The Bertz CT molecular complexity index is 672. The van der Waals surface area contributed by atoms with Crippen LogP contribution >= 0.6 is 0 Å². The van der Waals surface area contributed by atoms with Gasteiger partial charge in [-0.15, -0.1) is 5.10 Å². The molecule has 1 atom stereocenters. The van der Waals surface area contributed by atoms with Gasteiger partial charge in [0.25, 0.3) is 0 Å². The van der Waals surface area contributed by atoms with Crippen molar-refractivity contribution >= 4 is 11.4 Å². The van der Waals surface area contributed by atoms with Gasteiger partial charge < -0.3 is 10.3 Å². The van der Waals surface area contributed by atoms with E-state index in [-0.39, 0.29) is 17.5 Å². The van der Waals surface area contributed by atoms with Gasteiger partial charge in [0.1, 0.15) is 11.6 Å². The summed E-state index contributed by atoms with van der Waals surface area (Å²) in [4.78, 5) is 30.2. The van der Waals surface area contributed by atoms with Gasteiger partial charge >= 0.3 is 5.69 Å². The maximum atomic E-state index is 11.8. The summed E-state index contributed by atoms with van der Waals surface area (Å²) < 4.78 is 1.23. The Morgan fingerprint density at radius 3 is 3.06 bits per heavy atom. The fraction of sp³-hybridized carbons (Fsp3) is 0.455. The van der Waals surface area contributed by atoms with Gasteiger partial charge in [0, 0.05) is 31.1 Å². The molecule has 1 aliphatic rings. The van der Waals surface area contributed by atoms with E-state index >= 15 is 0 Å². The number of Topliss-reactive ketones (excluding diaryl/α,β-unsaturated/α-hetero) is 1. The third-order valence-electron chi connectivity index (χ3n) is 3.07. The summed E-state index contributed by atoms with van der Waals surface area (Å²) in [5.74, 6) is 0.752. The molecular formula is C11H13N5O2. The Morgan fingerprint density at radius 1 is 1.44 bits per heavy atom. The Hall–Kier alpha value is -2.02. The van der Waals surface area contributed by atoms with Crippen LogP contribution in [0.4, 0.5) is 0 Å². The van der Waals surface area contributed by atoms with Gasteiger partial charge in [0.2, 0.25) is 0 Å². The third-order valence-corrected chi connectivity index (χ3v) is 3.07. The molecule has 7 heteroatoms. The maximum Gasteiger partial charge on any atom is 0.348 e. The number of hydrogen-bond donors (Lipinski definition) is 2. The van der Waals surface area contributed by atoms with Gasteiger partial charge in [0.05, 0.1) is 6.04 Å². The normalized spacial score (nSPS) is 20.5. The molecule has 2 aromatic rings. The zero-order valence-corrected chi connectivity index (χ0v) is 9.93. The first kappa shape index (κ1) is 11.1. The van der Waals surface area contributed by atoms with Crippen molar-refractivity contribution < 1.29 is 4.79 Å². The minimum absolute atomic E-state index is 0.138. The van der Waals surface area contributed by atoms with E-state index in [0.717, 1.165) is 0 Å². The first-order chi connectivity index (χ1) is 8.63. The Morgan fingerprint density at radius 2 is 2.28 bits per heavy atom. The lowest BCUT2D eigenvalue weighted by Gasteiger charge is -2.22. The number of nitrogens with zero attached hydrogens (tertiary/aromatic N) is 3. The topological polar surface area (TPSA) is 92.1 Å². The van der Waals surface area contributed by atoms with Gasteiger partial charge in [-0.1, -0.05) is 0 Å². The van der Waals surface area contributed by atoms with Crippen LogP contribution < -0.4 is 11.0 Å². The van der Waals surface area contributed by atoms with Crippen molar-refractivity contribution in [2.75, 3.05) is 6.54 Å². The quantitative estimate of drug-likeness (QED) is 0.723. The number of carbonyl (C=O) groups excluding carboxylic acids is 1. The second-order valence-electron chi connectivity index (χ2n) is 4.46. The van der Waals surface area contributed by atoms with E-state index in [1.807, 2.05) is 0 Å². The molecular weight excluding hydrogens is 234 g/mol. The molecule has 0 aliphatic carbocycles. The first-order valence-electron chi connectivity index (χ1n) is 5.85. The van der Waals surface area contributed by atoms with Crippen molar-refractivity contribution in [2.45, 2.75) is 25.8 Å². The number of H-pyrrole nitrogens is 1. The van der Waals surface area contributed by atoms with Crippen LogP contribution in [0, 0.1) is 6.92 Å². The zero-order valence-electron chi connectivity index (χ0n) is 9.93. The van der Waals surface area contributed by atoms with E-state index in [0.29, 0.717) is 36.6 Å². The largest absolute Gasteiger partial charge is 0.348 e. The van der Waals surface area contributed by atoms with Crippen LogP contribution in [0.5, 0.6) is 0 Å². The Labute approximate surface area is 102 Å². The standard InChI is InChI=1S/C11H13N5O2/c1-6-13-10-5-9(14-11(18)16(10)15-6)8-4-7(17)2-3-12-8/h5,8,12H,2-4H2,1H3,(H,14,18). The maximum absolute atomic E-state index is 11.8. The number of aromatic nitrogens is 4. The molecule has 94 valence electrons. The van der Waals surface area contributed by atoms with Crippen molar-refractivity contribution in [2.24, 2.45) is 0 Å². The van der Waals surface area contributed by atoms with E-state index in [1.165, 1.54) is 4.52 Å². The number of ketones is 1. The molecule has 1 saturated heterocycles. The second kappa shape index (κ2) is 4.02. The number of piperidine rings is 1. The van der Waals surface area contributed by atoms with Gasteiger partial charge in [-0.05, 0) is 6.92 Å². The van der Waals surface area contributed by atoms with Gasteiger partial charge in [-0.2, -0.15) is 4.52 Å². The van der Waals surface area contributed by atoms with Gasteiger partial charge in [0.15, 0.2) is 5.65 Å². The highest BCUT2D eigenvalue weighted by atomic mass is 16.1. The molecule has 0 spiro atoms. The Balaban J connectivity index is 2.06. The number of carbonyl (C=O) groups is 1. The highest BCUT2D eigenvalue weighted by Gasteiger charge is 2.22. The van der Waals surface area contributed by atoms with E-state index in [2.05, 4.69) is 20.4 Å². The molecule has 7 nitrogen and oxygen atoms in total. The molecule has 1 fully saturated rings. The molecule has 3 rings (SSSR count). The van der Waals surface area contributed by atoms with Crippen molar-refractivity contribution in [3.63, 3.8) is 0 Å². The smallest absolute Gasteiger partial charge is 0.308 e. The van der Waals surface area contributed by atoms with Gasteiger partial charge in [-0.3, -0.25) is 4.79 Å². The van der Waals surface area contributed by atoms with E-state index < -0.39 is 0 Å². The summed E-state index contributed by atoms with van der Waals surface area (Å²) in [6, 6.07) is 1.62. The summed E-state index contributed by atoms with van der Waals surface area (Å²) in [5.41, 5.74) is 0.863. The number of fused-ring (bicyclic) bond motifs is 1. The molecule has 0 aromatic carbocycles. The lowest BCUT2D eigenvalue weighted by atomic mass is 10.0. The van der Waals surface area contributed by atoms with Crippen LogP contribution in [0.1, 0.15) is 30.4 Å². The fourth-order valence-corrected chi connectivity index (χ4v) is 2.22. The number of rotatable bonds is 1. The number of hydrogen-bond acceptors (Lipinski definition) is 5. The highest BCUT2D eigenvalue weighted by molar-refractivity contribution is 5.80. The lowest BCUT2D eigenvalue weighted by Crippen LogP contribution is -2.34. The van der Waals surface area contributed by atoms with Gasteiger partial charge in [-0.25, -0.2) is 9.78 Å². The second-order valence-corrected chi connectivity index (χ2v) is 4.46. The number of aromatic amines is 1. The van der Waals surface area contributed by atoms with Crippen LogP contribution in [-0.2, 0) is 4.79 Å². The van der Waals surface area contributed by atoms with Crippen LogP contribution in [0.25, 0.3) is 5.65 Å². The molecule has 2 aromatic heterocycles. The molecule has 0 amide bonds. The third kappa shape index (κ3) is 1.82. The predicted octanol–water partition coefficient (Wildman–Crippen LogP) is -0.280. The summed E-state index contributed by atoms with van der Waals surface area (Å²) in [7, 11) is 0. The minimum atomic E-state index is -0.331. The predicted molar refractivity (Wildman–Crippen MR) is 63.3 cm³/mol.